The molecule has 0 saturated carbocycles. The summed E-state index contributed by atoms with van der Waals surface area (Å²) in [6, 6.07) is 23.9. The fourth-order valence-electron chi connectivity index (χ4n) is 3.41. The third kappa shape index (κ3) is 4.41. The van der Waals surface area contributed by atoms with Crippen LogP contribution in [0.2, 0.25) is 0 Å². The van der Waals surface area contributed by atoms with Crippen molar-refractivity contribution < 1.29 is 9.84 Å². The molecule has 4 rings (SSSR count). The van der Waals surface area contributed by atoms with Crippen molar-refractivity contribution in [2.45, 2.75) is 12.3 Å². The molecule has 29 heavy (non-hydrogen) atoms. The van der Waals surface area contributed by atoms with Crippen LogP contribution in [0.1, 0.15) is 22.7 Å². The third-order valence-electron chi connectivity index (χ3n) is 5.01. The highest BCUT2D eigenvalue weighted by Gasteiger charge is 2.18. The molecule has 0 aliphatic rings. The number of aromatic hydroxyl groups is 1. The summed E-state index contributed by atoms with van der Waals surface area (Å²) >= 11 is 1.47. The lowest BCUT2D eigenvalue weighted by Crippen LogP contribution is -2.06. The van der Waals surface area contributed by atoms with Crippen molar-refractivity contribution in [3.8, 4) is 22.6 Å². The summed E-state index contributed by atoms with van der Waals surface area (Å²) in [5.41, 5.74) is 11.5. The molecule has 5 heteroatoms. The predicted octanol–water partition coefficient (Wildman–Crippen LogP) is 5.48. The lowest BCUT2D eigenvalue weighted by atomic mass is 9.89. The van der Waals surface area contributed by atoms with Crippen molar-refractivity contribution in [2.75, 3.05) is 12.8 Å². The Labute approximate surface area is 174 Å². The average Bonchev–Trinajstić information content (AvgIpc) is 3.19. The van der Waals surface area contributed by atoms with Crippen LogP contribution in [0.5, 0.6) is 11.5 Å². The van der Waals surface area contributed by atoms with Gasteiger partial charge in [-0.05, 0) is 52.9 Å². The summed E-state index contributed by atoms with van der Waals surface area (Å²) in [6.45, 7) is 0. The molecule has 4 aromatic rings. The van der Waals surface area contributed by atoms with E-state index in [1.165, 1.54) is 22.5 Å². The highest BCUT2D eigenvalue weighted by atomic mass is 32.1. The summed E-state index contributed by atoms with van der Waals surface area (Å²) in [5, 5.41) is 12.1. The van der Waals surface area contributed by atoms with Gasteiger partial charge in [-0.25, -0.2) is 4.98 Å². The molecule has 0 radical (unpaired) electrons. The zero-order chi connectivity index (χ0) is 20.2. The fraction of sp³-hybridized carbons (Fsp3) is 0.125. The first-order valence-electron chi connectivity index (χ1n) is 9.35. The first-order valence-corrected chi connectivity index (χ1v) is 10.2. The number of rotatable bonds is 6. The Kier molecular flexibility index (Phi) is 5.49. The molecule has 0 aliphatic carbocycles. The zero-order valence-electron chi connectivity index (χ0n) is 16.1. The summed E-state index contributed by atoms with van der Waals surface area (Å²) in [6.07, 6.45) is 0.825. The van der Waals surface area contributed by atoms with Crippen LogP contribution >= 0.6 is 11.3 Å². The molecule has 1 aromatic heterocycles. The number of nitrogen functional groups attached to an aromatic ring is 1. The number of aromatic nitrogens is 1. The Balaban J connectivity index is 1.60. The van der Waals surface area contributed by atoms with Crippen LogP contribution in [0.15, 0.2) is 78.2 Å². The van der Waals surface area contributed by atoms with Gasteiger partial charge in [-0.1, -0.05) is 48.5 Å². The van der Waals surface area contributed by atoms with E-state index in [4.69, 9.17) is 10.5 Å². The summed E-state index contributed by atoms with van der Waals surface area (Å²) in [5.74, 6) is 1.23. The maximum Gasteiger partial charge on any atom is 0.180 e. The van der Waals surface area contributed by atoms with Gasteiger partial charge in [-0.3, -0.25) is 0 Å². The van der Waals surface area contributed by atoms with E-state index in [0.717, 1.165) is 29.0 Å². The normalized spacial score (nSPS) is 11.9. The number of anilines is 1. The van der Waals surface area contributed by atoms with Crippen LogP contribution < -0.4 is 10.5 Å². The number of nitrogens with zero attached hydrogens (tertiary/aromatic N) is 1. The number of phenolic OH excluding ortho intramolecular Hbond substituents is 1. The van der Waals surface area contributed by atoms with Crippen LogP contribution in [0.25, 0.3) is 11.1 Å². The smallest absolute Gasteiger partial charge is 0.180 e. The minimum Gasteiger partial charge on any atom is -0.508 e. The van der Waals surface area contributed by atoms with Gasteiger partial charge < -0.3 is 15.6 Å². The molecule has 3 aromatic carbocycles. The Hall–Kier alpha value is -3.31. The summed E-state index contributed by atoms with van der Waals surface area (Å²) < 4.78 is 5.29. The van der Waals surface area contributed by atoms with Crippen LogP contribution in [0.4, 0.5) is 5.13 Å². The fourth-order valence-corrected chi connectivity index (χ4v) is 4.03. The van der Waals surface area contributed by atoms with Crippen molar-refractivity contribution in [3.63, 3.8) is 0 Å². The number of thiazole rings is 1. The van der Waals surface area contributed by atoms with Crippen LogP contribution in [-0.4, -0.2) is 17.2 Å². The van der Waals surface area contributed by atoms with Crippen molar-refractivity contribution in [1.29, 1.82) is 0 Å². The molecule has 1 atom stereocenters. The van der Waals surface area contributed by atoms with Crippen LogP contribution in [0.3, 0.4) is 0 Å². The van der Waals surface area contributed by atoms with Gasteiger partial charge in [0.1, 0.15) is 11.5 Å². The maximum atomic E-state index is 9.48. The molecule has 4 nitrogen and oxygen atoms in total. The SMILES string of the molecule is COc1ccc(C(Cc2ccc(-c3ccc(O)cc3)cc2)c2csc(N)n2)cc1. The van der Waals surface area contributed by atoms with Crippen molar-refractivity contribution in [1.82, 2.24) is 4.98 Å². The largest absolute Gasteiger partial charge is 0.508 e. The number of methoxy groups -OCH3 is 1. The van der Waals surface area contributed by atoms with Crippen molar-refractivity contribution in [3.05, 3.63) is 95.0 Å². The summed E-state index contributed by atoms with van der Waals surface area (Å²) in [7, 11) is 1.67. The number of phenols is 1. The molecular formula is C24H22N2O2S. The predicted molar refractivity (Wildman–Crippen MR) is 119 cm³/mol. The van der Waals surface area contributed by atoms with Crippen molar-refractivity contribution in [2.24, 2.45) is 0 Å². The molecule has 0 amide bonds. The Bertz CT molecular complexity index is 1070. The molecule has 0 fully saturated rings. The van der Waals surface area contributed by atoms with Gasteiger partial charge in [0.25, 0.3) is 0 Å². The standard InChI is InChI=1S/C24H22N2O2S/c1-28-21-12-8-19(9-13-21)22(23-15-29-24(25)26-23)14-16-2-4-17(5-3-16)18-6-10-20(27)11-7-18/h2-13,15,22,27H,14H2,1H3,(H2,25,26). The quantitative estimate of drug-likeness (QED) is 0.448. The van der Waals surface area contributed by atoms with Gasteiger partial charge in [0.15, 0.2) is 5.13 Å². The molecular weight excluding hydrogens is 380 g/mol. The van der Waals surface area contributed by atoms with E-state index in [9.17, 15) is 5.11 Å². The second-order valence-electron chi connectivity index (χ2n) is 6.88. The molecule has 3 N–H and O–H groups in total. The second-order valence-corrected chi connectivity index (χ2v) is 7.77. The van der Waals surface area contributed by atoms with Gasteiger partial charge in [0.05, 0.1) is 12.8 Å². The van der Waals surface area contributed by atoms with E-state index in [2.05, 4.69) is 41.4 Å². The lowest BCUT2D eigenvalue weighted by Gasteiger charge is -2.16. The number of hydrogen-bond acceptors (Lipinski definition) is 5. The van der Waals surface area contributed by atoms with E-state index >= 15 is 0 Å². The summed E-state index contributed by atoms with van der Waals surface area (Å²) in [4.78, 5) is 4.54. The number of nitrogens with two attached hydrogens (primary N) is 1. The van der Waals surface area contributed by atoms with Gasteiger partial charge in [-0.15, -0.1) is 11.3 Å². The molecule has 1 heterocycles. The van der Waals surface area contributed by atoms with Gasteiger partial charge in [0, 0.05) is 11.3 Å². The highest BCUT2D eigenvalue weighted by molar-refractivity contribution is 7.13. The maximum absolute atomic E-state index is 9.48. The molecule has 0 saturated heterocycles. The minimum absolute atomic E-state index is 0.119. The number of hydrogen-bond donors (Lipinski definition) is 2. The molecule has 0 spiro atoms. The van der Waals surface area contributed by atoms with Gasteiger partial charge in [-0.2, -0.15) is 0 Å². The van der Waals surface area contributed by atoms with Gasteiger partial charge in [0.2, 0.25) is 0 Å². The van der Waals surface area contributed by atoms with E-state index in [0.29, 0.717) is 5.13 Å². The minimum atomic E-state index is 0.119. The van der Waals surface area contributed by atoms with E-state index < -0.39 is 0 Å². The topological polar surface area (TPSA) is 68.4 Å². The number of ether oxygens (including phenoxy) is 1. The number of benzene rings is 3. The Morgan fingerprint density at radius 2 is 1.55 bits per heavy atom. The van der Waals surface area contributed by atoms with E-state index in [-0.39, 0.29) is 11.7 Å². The molecule has 1 unspecified atom stereocenters. The zero-order valence-corrected chi connectivity index (χ0v) is 16.9. The Morgan fingerprint density at radius 1 is 0.931 bits per heavy atom. The van der Waals surface area contributed by atoms with Crippen LogP contribution in [-0.2, 0) is 6.42 Å². The van der Waals surface area contributed by atoms with Crippen LogP contribution in [0, 0.1) is 0 Å². The third-order valence-corrected chi connectivity index (χ3v) is 5.70. The van der Waals surface area contributed by atoms with Gasteiger partial charge >= 0.3 is 0 Å². The Morgan fingerprint density at radius 3 is 2.10 bits per heavy atom. The molecule has 146 valence electrons. The van der Waals surface area contributed by atoms with E-state index in [1.54, 1.807) is 19.2 Å². The molecule has 0 bridgehead atoms. The average molecular weight is 403 g/mol. The van der Waals surface area contributed by atoms with E-state index in [1.807, 2.05) is 29.6 Å². The highest BCUT2D eigenvalue weighted by Crippen LogP contribution is 2.32. The lowest BCUT2D eigenvalue weighted by molar-refractivity contribution is 0.414. The van der Waals surface area contributed by atoms with Crippen molar-refractivity contribution >= 4 is 16.5 Å². The first-order chi connectivity index (χ1) is 14.1. The monoisotopic (exact) mass is 402 g/mol. The molecule has 0 aliphatic heterocycles. The second kappa shape index (κ2) is 8.37. The first kappa shape index (κ1) is 19.0.